The van der Waals surface area contributed by atoms with Crippen molar-refractivity contribution in [3.63, 3.8) is 0 Å². The zero-order valence-electron chi connectivity index (χ0n) is 15.1. The Hall–Kier alpha value is -2.69. The second kappa shape index (κ2) is 8.13. The summed E-state index contributed by atoms with van der Waals surface area (Å²) in [4.78, 5) is 25.1. The molecule has 8 heteroatoms. The van der Waals surface area contributed by atoms with Gasteiger partial charge < -0.3 is 14.5 Å². The summed E-state index contributed by atoms with van der Waals surface area (Å²) < 4.78 is 5.42. The first-order valence-electron chi connectivity index (χ1n) is 9.02. The summed E-state index contributed by atoms with van der Waals surface area (Å²) in [6, 6.07) is 1.75. The molecule has 1 aromatic heterocycles. The average Bonchev–Trinajstić information content (AvgIpc) is 3.45. The zero-order valence-corrected chi connectivity index (χ0v) is 15.1. The van der Waals surface area contributed by atoms with Crippen LogP contribution in [0, 0.1) is 12.3 Å². The Bertz CT molecular complexity index is 700. The first-order valence-corrected chi connectivity index (χ1v) is 9.02. The molecule has 8 nitrogen and oxygen atoms in total. The van der Waals surface area contributed by atoms with Crippen LogP contribution in [0.5, 0.6) is 5.88 Å². The molecule has 0 unspecified atom stereocenters. The van der Waals surface area contributed by atoms with Crippen LogP contribution < -0.4 is 9.64 Å². The van der Waals surface area contributed by atoms with Gasteiger partial charge in [-0.1, -0.05) is 0 Å². The summed E-state index contributed by atoms with van der Waals surface area (Å²) in [6.45, 7) is 5.22. The number of rotatable bonds is 8. The van der Waals surface area contributed by atoms with Gasteiger partial charge in [-0.15, -0.1) is 12.3 Å². The van der Waals surface area contributed by atoms with E-state index in [1.807, 2.05) is 11.8 Å². The molecule has 2 aliphatic heterocycles. The highest BCUT2D eigenvalue weighted by Gasteiger charge is 2.39. The second-order valence-electron chi connectivity index (χ2n) is 6.38. The lowest BCUT2D eigenvalue weighted by Crippen LogP contribution is -2.49. The molecule has 0 atom stereocenters. The quantitative estimate of drug-likeness (QED) is 0.664. The van der Waals surface area contributed by atoms with Gasteiger partial charge in [-0.3, -0.25) is 4.79 Å². The fourth-order valence-corrected chi connectivity index (χ4v) is 3.00. The van der Waals surface area contributed by atoms with Crippen LogP contribution in [-0.2, 0) is 4.79 Å². The van der Waals surface area contributed by atoms with E-state index in [1.165, 1.54) is 0 Å². The van der Waals surface area contributed by atoms with Crippen molar-refractivity contribution in [1.29, 1.82) is 0 Å². The molecular weight excluding hydrogens is 332 g/mol. The molecular formula is C18H24N6O2. The van der Waals surface area contributed by atoms with Gasteiger partial charge in [0.15, 0.2) is 5.66 Å². The second-order valence-corrected chi connectivity index (χ2v) is 6.38. The molecule has 2 aliphatic rings. The van der Waals surface area contributed by atoms with Gasteiger partial charge in [0.05, 0.1) is 6.61 Å². The van der Waals surface area contributed by atoms with Gasteiger partial charge in [-0.2, -0.15) is 15.2 Å². The maximum Gasteiger partial charge on any atom is 0.228 e. The minimum absolute atomic E-state index is 0.144. The number of hydrogen-bond donors (Lipinski definition) is 0. The van der Waals surface area contributed by atoms with Gasteiger partial charge in [0.25, 0.3) is 0 Å². The summed E-state index contributed by atoms with van der Waals surface area (Å²) in [5.41, 5.74) is -0.391. The monoisotopic (exact) mass is 356 g/mol. The number of ether oxygens (including phenoxy) is 1. The van der Waals surface area contributed by atoms with Crippen LogP contribution >= 0.6 is 0 Å². The molecule has 0 aliphatic carbocycles. The van der Waals surface area contributed by atoms with Crippen LogP contribution in [0.1, 0.15) is 32.6 Å². The van der Waals surface area contributed by atoms with Gasteiger partial charge in [-0.05, 0) is 6.92 Å². The van der Waals surface area contributed by atoms with E-state index in [2.05, 4.69) is 31.0 Å². The molecule has 3 heterocycles. The Labute approximate surface area is 153 Å². The Morgan fingerprint density at radius 1 is 1.31 bits per heavy atom. The third kappa shape index (κ3) is 4.48. The summed E-state index contributed by atoms with van der Waals surface area (Å²) >= 11 is 0. The Morgan fingerprint density at radius 3 is 2.73 bits per heavy atom. The molecule has 138 valence electrons. The lowest BCUT2D eigenvalue weighted by molar-refractivity contribution is -0.131. The molecule has 26 heavy (non-hydrogen) atoms. The largest absolute Gasteiger partial charge is 0.478 e. The topological polar surface area (TPSA) is 83.3 Å². The number of carbonyl (C=O) groups is 1. The number of piperazine rings is 1. The van der Waals surface area contributed by atoms with Gasteiger partial charge in [0.2, 0.25) is 17.7 Å². The number of nitrogens with zero attached hydrogens (tertiary/aromatic N) is 6. The molecule has 0 spiro atoms. The van der Waals surface area contributed by atoms with Crippen molar-refractivity contribution in [2.24, 2.45) is 10.2 Å². The molecule has 0 radical (unpaired) electrons. The van der Waals surface area contributed by atoms with Crippen LogP contribution in [0.25, 0.3) is 0 Å². The van der Waals surface area contributed by atoms with Crippen molar-refractivity contribution < 1.29 is 9.53 Å². The van der Waals surface area contributed by atoms with Crippen molar-refractivity contribution in [2.75, 3.05) is 37.7 Å². The molecule has 1 saturated heterocycles. The highest BCUT2D eigenvalue weighted by molar-refractivity contribution is 5.76. The van der Waals surface area contributed by atoms with E-state index >= 15 is 0 Å². The average molecular weight is 356 g/mol. The summed E-state index contributed by atoms with van der Waals surface area (Å²) in [7, 11) is 0. The van der Waals surface area contributed by atoms with Gasteiger partial charge >= 0.3 is 0 Å². The number of aromatic nitrogens is 2. The number of carbonyl (C=O) groups excluding carboxylic acids is 1. The third-order valence-corrected chi connectivity index (χ3v) is 4.62. The molecule has 1 aromatic rings. The molecule has 3 rings (SSSR count). The van der Waals surface area contributed by atoms with Crippen molar-refractivity contribution in [2.45, 2.75) is 38.3 Å². The van der Waals surface area contributed by atoms with Crippen LogP contribution in [-0.4, -0.2) is 59.2 Å². The zero-order chi connectivity index (χ0) is 18.4. The summed E-state index contributed by atoms with van der Waals surface area (Å²) in [5.74, 6) is 3.97. The highest BCUT2D eigenvalue weighted by Crippen LogP contribution is 2.37. The van der Waals surface area contributed by atoms with E-state index in [-0.39, 0.29) is 5.91 Å². The summed E-state index contributed by atoms with van der Waals surface area (Å²) in [6.07, 6.45) is 9.46. The van der Waals surface area contributed by atoms with Crippen LogP contribution in [0.4, 0.5) is 5.95 Å². The van der Waals surface area contributed by atoms with Gasteiger partial charge in [0.1, 0.15) is 0 Å². The lowest BCUT2D eigenvalue weighted by Gasteiger charge is -2.35. The Kier molecular flexibility index (Phi) is 5.66. The summed E-state index contributed by atoms with van der Waals surface area (Å²) in [5, 5.41) is 8.17. The molecule has 0 saturated carbocycles. The molecule has 1 amide bonds. The lowest BCUT2D eigenvalue weighted by atomic mass is 10.0. The molecule has 1 fully saturated rings. The fourth-order valence-electron chi connectivity index (χ4n) is 3.00. The van der Waals surface area contributed by atoms with Gasteiger partial charge in [0, 0.05) is 64.1 Å². The first kappa shape index (κ1) is 18.1. The van der Waals surface area contributed by atoms with E-state index in [0.717, 1.165) is 6.42 Å². The fraction of sp³-hybridized carbons (Fsp3) is 0.611. The predicted octanol–water partition coefficient (Wildman–Crippen LogP) is 1.88. The molecule has 0 aromatic carbocycles. The third-order valence-electron chi connectivity index (χ3n) is 4.62. The van der Waals surface area contributed by atoms with Crippen molar-refractivity contribution in [3.05, 3.63) is 12.3 Å². The van der Waals surface area contributed by atoms with Gasteiger partial charge in [-0.25, -0.2) is 4.98 Å². The number of anilines is 1. The van der Waals surface area contributed by atoms with E-state index in [1.54, 1.807) is 12.3 Å². The first-order chi connectivity index (χ1) is 12.7. The number of hydrogen-bond acceptors (Lipinski definition) is 7. The van der Waals surface area contributed by atoms with E-state index in [0.29, 0.717) is 63.9 Å². The van der Waals surface area contributed by atoms with E-state index < -0.39 is 5.66 Å². The minimum atomic E-state index is -0.391. The Morgan fingerprint density at radius 2 is 2.08 bits per heavy atom. The number of amides is 1. The number of terminal acetylenes is 1. The normalized spacial score (nSPS) is 17.7. The predicted molar refractivity (Wildman–Crippen MR) is 96.9 cm³/mol. The molecule has 0 bridgehead atoms. The molecule has 0 N–H and O–H groups in total. The van der Waals surface area contributed by atoms with Crippen LogP contribution in [0.3, 0.4) is 0 Å². The Balaban J connectivity index is 1.45. The van der Waals surface area contributed by atoms with Crippen molar-refractivity contribution in [1.82, 2.24) is 14.9 Å². The van der Waals surface area contributed by atoms with Crippen LogP contribution in [0.2, 0.25) is 0 Å². The highest BCUT2D eigenvalue weighted by atomic mass is 16.5. The van der Waals surface area contributed by atoms with Crippen molar-refractivity contribution >= 4 is 11.9 Å². The van der Waals surface area contributed by atoms with Crippen LogP contribution in [0.15, 0.2) is 22.5 Å². The maximum atomic E-state index is 12.5. The standard InChI is InChI=1S/C18H24N6O2/c1-3-5-8-18(21-22-18)9-6-16(25)23-11-13-24(14-12-23)17-19-10-7-15(20-17)26-4-2/h1,7,10H,4-6,8-9,11-14H2,2H3. The van der Waals surface area contributed by atoms with E-state index in [9.17, 15) is 4.79 Å². The minimum Gasteiger partial charge on any atom is -0.478 e. The smallest absolute Gasteiger partial charge is 0.228 e. The maximum absolute atomic E-state index is 12.5. The SMILES string of the molecule is C#CCCC1(CCC(=O)N2CCN(c3nccc(OCC)n3)CC2)N=N1. The van der Waals surface area contributed by atoms with Crippen molar-refractivity contribution in [3.8, 4) is 18.2 Å². The van der Waals surface area contributed by atoms with E-state index in [4.69, 9.17) is 11.2 Å².